The molecule has 2 rings (SSSR count). The summed E-state index contributed by atoms with van der Waals surface area (Å²) in [7, 11) is 0. The molecule has 1 aliphatic rings. The van der Waals surface area contributed by atoms with Gasteiger partial charge in [-0.15, -0.1) is 0 Å². The van der Waals surface area contributed by atoms with Gasteiger partial charge in [0, 0.05) is 25.6 Å². The monoisotopic (exact) mass is 278 g/mol. The molecule has 6 heteroatoms. The smallest absolute Gasteiger partial charge is 0.303 e. The minimum Gasteiger partial charge on any atom is -0.481 e. The summed E-state index contributed by atoms with van der Waals surface area (Å²) in [6.07, 6.45) is 1.68. The molecular weight excluding hydrogens is 260 g/mol. The average molecular weight is 278 g/mol. The van der Waals surface area contributed by atoms with E-state index in [4.69, 9.17) is 5.11 Å². The molecule has 1 fully saturated rings. The van der Waals surface area contributed by atoms with Crippen molar-refractivity contribution in [2.75, 3.05) is 18.0 Å². The highest BCUT2D eigenvalue weighted by Crippen LogP contribution is 2.33. The second kappa shape index (κ2) is 5.90. The van der Waals surface area contributed by atoms with Gasteiger partial charge in [0.05, 0.1) is 4.92 Å². The number of carbonyl (C=O) groups is 1. The lowest BCUT2D eigenvalue weighted by atomic mass is 10.0. The van der Waals surface area contributed by atoms with Crippen LogP contribution in [0.3, 0.4) is 0 Å². The van der Waals surface area contributed by atoms with Crippen LogP contribution in [0.5, 0.6) is 0 Å². The molecule has 1 N–H and O–H groups in total. The first-order chi connectivity index (χ1) is 9.47. The van der Waals surface area contributed by atoms with Gasteiger partial charge in [-0.2, -0.15) is 0 Å². The van der Waals surface area contributed by atoms with Crippen molar-refractivity contribution >= 4 is 17.3 Å². The van der Waals surface area contributed by atoms with E-state index in [1.807, 2.05) is 17.9 Å². The fourth-order valence-corrected chi connectivity index (χ4v) is 2.66. The van der Waals surface area contributed by atoms with E-state index in [1.54, 1.807) is 12.1 Å². The zero-order chi connectivity index (χ0) is 14.7. The number of nitro groups is 1. The van der Waals surface area contributed by atoms with Gasteiger partial charge in [0.25, 0.3) is 5.69 Å². The van der Waals surface area contributed by atoms with E-state index in [0.717, 1.165) is 18.5 Å². The molecule has 0 aromatic heterocycles. The predicted molar refractivity (Wildman–Crippen MR) is 75.0 cm³/mol. The third-order valence-electron chi connectivity index (χ3n) is 3.72. The Morgan fingerprint density at radius 3 is 2.95 bits per heavy atom. The van der Waals surface area contributed by atoms with Gasteiger partial charge in [-0.25, -0.2) is 0 Å². The van der Waals surface area contributed by atoms with Crippen LogP contribution in [0, 0.1) is 23.0 Å². The van der Waals surface area contributed by atoms with Crippen LogP contribution in [0.2, 0.25) is 0 Å². The van der Waals surface area contributed by atoms with Crippen LogP contribution in [-0.2, 0) is 4.79 Å². The van der Waals surface area contributed by atoms with Crippen molar-refractivity contribution < 1.29 is 14.8 Å². The van der Waals surface area contributed by atoms with Crippen molar-refractivity contribution in [3.05, 3.63) is 33.9 Å². The number of anilines is 1. The number of aryl methyl sites for hydroxylation is 1. The van der Waals surface area contributed by atoms with Crippen LogP contribution in [0.25, 0.3) is 0 Å². The standard InChI is InChI=1S/C14H18N2O4/c1-10-2-4-12(13(8-10)16(19)20)15-7-6-11(9-15)3-5-14(17)18/h2,4,8,11H,3,5-7,9H2,1H3,(H,17,18). The highest BCUT2D eigenvalue weighted by molar-refractivity contribution is 5.67. The SMILES string of the molecule is Cc1ccc(N2CCC(CCC(=O)O)C2)c([N+](=O)[O-])c1. The summed E-state index contributed by atoms with van der Waals surface area (Å²) in [4.78, 5) is 23.3. The summed E-state index contributed by atoms with van der Waals surface area (Å²) < 4.78 is 0. The van der Waals surface area contributed by atoms with E-state index in [2.05, 4.69) is 0 Å². The fourth-order valence-electron chi connectivity index (χ4n) is 2.66. The van der Waals surface area contributed by atoms with Crippen LogP contribution in [0.4, 0.5) is 11.4 Å². The molecule has 20 heavy (non-hydrogen) atoms. The van der Waals surface area contributed by atoms with Gasteiger partial charge in [0.15, 0.2) is 0 Å². The van der Waals surface area contributed by atoms with E-state index in [9.17, 15) is 14.9 Å². The second-order valence-electron chi connectivity index (χ2n) is 5.28. The predicted octanol–water partition coefficient (Wildman–Crippen LogP) is 2.59. The topological polar surface area (TPSA) is 83.7 Å². The molecule has 108 valence electrons. The molecule has 0 saturated carbocycles. The van der Waals surface area contributed by atoms with Gasteiger partial charge in [-0.3, -0.25) is 14.9 Å². The number of aliphatic carboxylic acids is 1. The summed E-state index contributed by atoms with van der Waals surface area (Å²) in [6.45, 7) is 3.27. The summed E-state index contributed by atoms with van der Waals surface area (Å²) in [6, 6.07) is 5.24. The fraction of sp³-hybridized carbons (Fsp3) is 0.500. The van der Waals surface area contributed by atoms with Crippen molar-refractivity contribution in [3.63, 3.8) is 0 Å². The third kappa shape index (κ3) is 3.26. The first kappa shape index (κ1) is 14.3. The van der Waals surface area contributed by atoms with Crippen molar-refractivity contribution in [1.82, 2.24) is 0 Å². The lowest BCUT2D eigenvalue weighted by Crippen LogP contribution is -2.21. The van der Waals surface area contributed by atoms with Crippen LogP contribution in [0.1, 0.15) is 24.8 Å². The molecule has 1 unspecified atom stereocenters. The van der Waals surface area contributed by atoms with Crippen LogP contribution < -0.4 is 4.90 Å². The Hall–Kier alpha value is -2.11. The molecule has 1 heterocycles. The largest absolute Gasteiger partial charge is 0.481 e. The summed E-state index contributed by atoms with van der Waals surface area (Å²) in [5.41, 5.74) is 1.63. The lowest BCUT2D eigenvalue weighted by molar-refractivity contribution is -0.384. The van der Waals surface area contributed by atoms with Crippen molar-refractivity contribution in [3.8, 4) is 0 Å². The van der Waals surface area contributed by atoms with E-state index >= 15 is 0 Å². The molecule has 1 atom stereocenters. The molecule has 0 spiro atoms. The van der Waals surface area contributed by atoms with Crippen LogP contribution in [-0.4, -0.2) is 29.1 Å². The Morgan fingerprint density at radius 1 is 1.55 bits per heavy atom. The normalized spacial score (nSPS) is 18.2. The number of carboxylic acid groups (broad SMARTS) is 1. The average Bonchev–Trinajstić information content (AvgIpc) is 2.84. The van der Waals surface area contributed by atoms with Gasteiger partial charge >= 0.3 is 5.97 Å². The van der Waals surface area contributed by atoms with Gasteiger partial charge in [0.1, 0.15) is 5.69 Å². The maximum Gasteiger partial charge on any atom is 0.303 e. The van der Waals surface area contributed by atoms with Gasteiger partial charge in [0.2, 0.25) is 0 Å². The first-order valence-electron chi connectivity index (χ1n) is 6.69. The zero-order valence-electron chi connectivity index (χ0n) is 11.4. The number of hydrogen-bond acceptors (Lipinski definition) is 4. The van der Waals surface area contributed by atoms with E-state index in [1.165, 1.54) is 0 Å². The van der Waals surface area contributed by atoms with Crippen molar-refractivity contribution in [1.29, 1.82) is 0 Å². The number of carboxylic acids is 1. The van der Waals surface area contributed by atoms with Crippen LogP contribution >= 0.6 is 0 Å². The summed E-state index contributed by atoms with van der Waals surface area (Å²) in [5.74, 6) is -0.489. The zero-order valence-corrected chi connectivity index (χ0v) is 11.4. The number of nitrogens with zero attached hydrogens (tertiary/aromatic N) is 2. The number of benzene rings is 1. The number of hydrogen-bond donors (Lipinski definition) is 1. The maximum absolute atomic E-state index is 11.1. The third-order valence-corrected chi connectivity index (χ3v) is 3.72. The lowest BCUT2D eigenvalue weighted by Gasteiger charge is -2.18. The molecule has 0 bridgehead atoms. The highest BCUT2D eigenvalue weighted by atomic mass is 16.6. The Balaban J connectivity index is 2.10. The Morgan fingerprint density at radius 2 is 2.30 bits per heavy atom. The quantitative estimate of drug-likeness (QED) is 0.661. The summed E-state index contributed by atoms with van der Waals surface area (Å²) >= 11 is 0. The summed E-state index contributed by atoms with van der Waals surface area (Å²) in [5, 5.41) is 19.8. The first-order valence-corrected chi connectivity index (χ1v) is 6.69. The molecule has 6 nitrogen and oxygen atoms in total. The minimum atomic E-state index is -0.787. The van der Waals surface area contributed by atoms with Crippen molar-refractivity contribution in [2.45, 2.75) is 26.2 Å². The van der Waals surface area contributed by atoms with Crippen LogP contribution in [0.15, 0.2) is 18.2 Å². The van der Waals surface area contributed by atoms with E-state index in [-0.39, 0.29) is 17.0 Å². The van der Waals surface area contributed by atoms with Gasteiger partial charge in [-0.05, 0) is 37.3 Å². The number of nitro benzene ring substituents is 1. The molecule has 0 radical (unpaired) electrons. The molecule has 1 saturated heterocycles. The Labute approximate surface area is 117 Å². The molecule has 0 amide bonds. The number of rotatable bonds is 5. The maximum atomic E-state index is 11.1. The second-order valence-corrected chi connectivity index (χ2v) is 5.28. The molecule has 1 aliphatic heterocycles. The van der Waals surface area contributed by atoms with E-state index in [0.29, 0.717) is 24.6 Å². The molecular formula is C14H18N2O4. The Bertz CT molecular complexity index is 530. The minimum absolute atomic E-state index is 0.129. The van der Waals surface area contributed by atoms with Gasteiger partial charge in [-0.1, -0.05) is 6.07 Å². The highest BCUT2D eigenvalue weighted by Gasteiger charge is 2.27. The van der Waals surface area contributed by atoms with E-state index < -0.39 is 5.97 Å². The van der Waals surface area contributed by atoms with Gasteiger partial charge < -0.3 is 10.0 Å². The van der Waals surface area contributed by atoms with Crippen molar-refractivity contribution in [2.24, 2.45) is 5.92 Å². The molecule has 1 aromatic carbocycles. The Kier molecular flexibility index (Phi) is 4.22. The molecule has 1 aromatic rings. The molecule has 0 aliphatic carbocycles.